The molecule has 0 saturated carbocycles. The SMILES string of the molecule is CCOC(=O)CC1(CC(F)(F)F)CCc2cc(C=O)ccc2C1=O. The molecule has 0 radical (unpaired) electrons. The van der Waals surface area contributed by atoms with E-state index in [9.17, 15) is 27.6 Å². The summed E-state index contributed by atoms with van der Waals surface area (Å²) >= 11 is 0. The minimum absolute atomic E-state index is 0.0361. The molecule has 24 heavy (non-hydrogen) atoms. The molecule has 130 valence electrons. The van der Waals surface area contributed by atoms with E-state index in [4.69, 9.17) is 4.74 Å². The van der Waals surface area contributed by atoms with E-state index >= 15 is 0 Å². The van der Waals surface area contributed by atoms with Crippen LogP contribution in [0.15, 0.2) is 18.2 Å². The third kappa shape index (κ3) is 3.83. The monoisotopic (exact) mass is 342 g/mol. The zero-order valence-corrected chi connectivity index (χ0v) is 13.1. The van der Waals surface area contributed by atoms with Gasteiger partial charge in [0, 0.05) is 11.1 Å². The van der Waals surface area contributed by atoms with Crippen molar-refractivity contribution in [2.45, 2.75) is 38.8 Å². The van der Waals surface area contributed by atoms with Crippen LogP contribution in [0, 0.1) is 5.41 Å². The molecule has 4 nitrogen and oxygen atoms in total. The van der Waals surface area contributed by atoms with E-state index in [0.29, 0.717) is 17.4 Å². The summed E-state index contributed by atoms with van der Waals surface area (Å²) in [6.45, 7) is 1.59. The van der Waals surface area contributed by atoms with Gasteiger partial charge >= 0.3 is 12.1 Å². The van der Waals surface area contributed by atoms with Crippen molar-refractivity contribution >= 4 is 18.0 Å². The Morgan fingerprint density at radius 3 is 2.67 bits per heavy atom. The maximum atomic E-state index is 13.0. The second-order valence-electron chi connectivity index (χ2n) is 5.92. The average molecular weight is 342 g/mol. The molecule has 0 spiro atoms. The Labute approximate surface area is 137 Å². The van der Waals surface area contributed by atoms with Crippen molar-refractivity contribution in [1.29, 1.82) is 0 Å². The van der Waals surface area contributed by atoms with Crippen molar-refractivity contribution in [3.63, 3.8) is 0 Å². The van der Waals surface area contributed by atoms with Crippen molar-refractivity contribution in [2.24, 2.45) is 5.41 Å². The first-order chi connectivity index (χ1) is 11.2. The number of aryl methyl sites for hydroxylation is 1. The largest absolute Gasteiger partial charge is 0.466 e. The van der Waals surface area contributed by atoms with Crippen LogP contribution in [0.3, 0.4) is 0 Å². The lowest BCUT2D eigenvalue weighted by atomic mass is 9.66. The van der Waals surface area contributed by atoms with Crippen LogP contribution in [0.5, 0.6) is 0 Å². The summed E-state index contributed by atoms with van der Waals surface area (Å²) in [5.74, 6) is -1.53. The molecule has 1 unspecified atom stereocenters. The number of hydrogen-bond donors (Lipinski definition) is 0. The predicted molar refractivity (Wildman–Crippen MR) is 78.8 cm³/mol. The quantitative estimate of drug-likeness (QED) is 0.607. The molecular weight excluding hydrogens is 325 g/mol. The minimum Gasteiger partial charge on any atom is -0.466 e. The lowest BCUT2D eigenvalue weighted by Gasteiger charge is -2.36. The van der Waals surface area contributed by atoms with Gasteiger partial charge in [-0.1, -0.05) is 12.1 Å². The smallest absolute Gasteiger partial charge is 0.390 e. The second kappa shape index (κ2) is 6.75. The van der Waals surface area contributed by atoms with Gasteiger partial charge in [-0.2, -0.15) is 13.2 Å². The molecule has 1 atom stereocenters. The van der Waals surface area contributed by atoms with Gasteiger partial charge < -0.3 is 4.74 Å². The number of ketones is 1. The van der Waals surface area contributed by atoms with Gasteiger partial charge in [0.1, 0.15) is 6.29 Å². The summed E-state index contributed by atoms with van der Waals surface area (Å²) in [6.07, 6.45) is -5.86. The highest BCUT2D eigenvalue weighted by molar-refractivity contribution is 6.04. The number of esters is 1. The molecule has 0 amide bonds. The van der Waals surface area contributed by atoms with Crippen molar-refractivity contribution in [1.82, 2.24) is 0 Å². The van der Waals surface area contributed by atoms with Crippen molar-refractivity contribution in [2.75, 3.05) is 6.61 Å². The lowest BCUT2D eigenvalue weighted by molar-refractivity contribution is -0.162. The van der Waals surface area contributed by atoms with E-state index in [2.05, 4.69) is 0 Å². The molecule has 1 aliphatic rings. The standard InChI is InChI=1S/C17H17F3O4/c1-2-24-14(22)8-16(10-17(18,19)20)6-5-12-7-11(9-21)3-4-13(12)15(16)23/h3-4,7,9H,2,5-6,8,10H2,1H3. The maximum absolute atomic E-state index is 13.0. The molecular formula is C17H17F3O4. The Kier molecular flexibility index (Phi) is 5.11. The summed E-state index contributed by atoms with van der Waals surface area (Å²) in [7, 11) is 0. The van der Waals surface area contributed by atoms with Crippen LogP contribution in [0.1, 0.15) is 52.5 Å². The van der Waals surface area contributed by atoms with Gasteiger partial charge in [-0.3, -0.25) is 14.4 Å². The Bertz CT molecular complexity index is 666. The van der Waals surface area contributed by atoms with Crippen molar-refractivity contribution in [3.05, 3.63) is 34.9 Å². The van der Waals surface area contributed by atoms with Gasteiger partial charge in [-0.15, -0.1) is 0 Å². The molecule has 1 aromatic carbocycles. The zero-order chi connectivity index (χ0) is 18.0. The number of hydrogen-bond acceptors (Lipinski definition) is 4. The number of ether oxygens (including phenoxy) is 1. The number of aldehydes is 1. The van der Waals surface area contributed by atoms with Crippen LogP contribution < -0.4 is 0 Å². The first-order valence-electron chi connectivity index (χ1n) is 7.56. The van der Waals surface area contributed by atoms with Crippen LogP contribution in [-0.4, -0.2) is 30.8 Å². The first-order valence-corrected chi connectivity index (χ1v) is 7.56. The summed E-state index contributed by atoms with van der Waals surface area (Å²) in [5, 5.41) is 0. The van der Waals surface area contributed by atoms with E-state index in [1.165, 1.54) is 18.2 Å². The Morgan fingerprint density at radius 1 is 1.38 bits per heavy atom. The summed E-state index contributed by atoms with van der Waals surface area (Å²) < 4.78 is 43.9. The van der Waals surface area contributed by atoms with Crippen LogP contribution in [-0.2, 0) is 16.0 Å². The van der Waals surface area contributed by atoms with Crippen molar-refractivity contribution < 1.29 is 32.3 Å². The average Bonchev–Trinajstić information content (AvgIpc) is 2.49. The first kappa shape index (κ1) is 18.2. The molecule has 0 N–H and O–H groups in total. The van der Waals surface area contributed by atoms with Gasteiger partial charge in [-0.25, -0.2) is 0 Å². The Morgan fingerprint density at radius 2 is 2.08 bits per heavy atom. The molecule has 1 aliphatic carbocycles. The van der Waals surface area contributed by atoms with Crippen molar-refractivity contribution in [3.8, 4) is 0 Å². The van der Waals surface area contributed by atoms with Gasteiger partial charge in [-0.05, 0) is 31.4 Å². The third-order valence-corrected chi connectivity index (χ3v) is 4.19. The fourth-order valence-corrected chi connectivity index (χ4v) is 3.16. The van der Waals surface area contributed by atoms with E-state index < -0.39 is 36.2 Å². The Balaban J connectivity index is 2.41. The highest BCUT2D eigenvalue weighted by Crippen LogP contribution is 2.46. The predicted octanol–water partition coefficient (Wildman–Crippen LogP) is 3.52. The molecule has 0 heterocycles. The van der Waals surface area contributed by atoms with E-state index in [1.54, 1.807) is 6.92 Å². The molecule has 7 heteroatoms. The number of alkyl halides is 3. The lowest BCUT2D eigenvalue weighted by Crippen LogP contribution is -2.42. The normalized spacial score (nSPS) is 20.4. The number of carbonyl (C=O) groups is 3. The summed E-state index contributed by atoms with van der Waals surface area (Å²) in [5.41, 5.74) is -0.817. The van der Waals surface area contributed by atoms with Crippen LogP contribution >= 0.6 is 0 Å². The molecule has 0 fully saturated rings. The number of carbonyl (C=O) groups excluding carboxylic acids is 3. The fraction of sp³-hybridized carbons (Fsp3) is 0.471. The maximum Gasteiger partial charge on any atom is 0.390 e. The summed E-state index contributed by atoms with van der Waals surface area (Å²) in [4.78, 5) is 35.3. The second-order valence-corrected chi connectivity index (χ2v) is 5.92. The summed E-state index contributed by atoms with van der Waals surface area (Å²) in [6, 6.07) is 4.25. The van der Waals surface area contributed by atoms with Crippen LogP contribution in [0.2, 0.25) is 0 Å². The molecule has 2 rings (SSSR count). The van der Waals surface area contributed by atoms with Gasteiger partial charge in [0.05, 0.1) is 24.9 Å². The number of benzene rings is 1. The molecule has 0 aliphatic heterocycles. The highest BCUT2D eigenvalue weighted by atomic mass is 19.4. The van der Waals surface area contributed by atoms with E-state index in [1.807, 2.05) is 0 Å². The van der Waals surface area contributed by atoms with E-state index in [-0.39, 0.29) is 25.0 Å². The minimum atomic E-state index is -4.58. The van der Waals surface area contributed by atoms with Gasteiger partial charge in [0.15, 0.2) is 5.78 Å². The van der Waals surface area contributed by atoms with E-state index in [0.717, 1.165) is 0 Å². The number of halogens is 3. The number of rotatable bonds is 5. The zero-order valence-electron chi connectivity index (χ0n) is 13.1. The van der Waals surface area contributed by atoms with Gasteiger partial charge in [0.25, 0.3) is 0 Å². The molecule has 0 bridgehead atoms. The van der Waals surface area contributed by atoms with Crippen LogP contribution in [0.25, 0.3) is 0 Å². The number of fused-ring (bicyclic) bond motifs is 1. The van der Waals surface area contributed by atoms with Crippen LogP contribution in [0.4, 0.5) is 13.2 Å². The Hall–Kier alpha value is -2.18. The topological polar surface area (TPSA) is 60.4 Å². The third-order valence-electron chi connectivity index (χ3n) is 4.19. The highest BCUT2D eigenvalue weighted by Gasteiger charge is 2.51. The molecule has 0 saturated heterocycles. The van der Waals surface area contributed by atoms with Gasteiger partial charge in [0.2, 0.25) is 0 Å². The molecule has 1 aromatic rings. The fourth-order valence-electron chi connectivity index (χ4n) is 3.16. The molecule has 0 aromatic heterocycles. The number of Topliss-reactive ketones (excluding diaryl/α,β-unsaturated/α-hetero) is 1.